The molecule has 5 heteroatoms. The largest absolute Gasteiger partial charge is 0.351 e. The Morgan fingerprint density at radius 1 is 1.44 bits per heavy atom. The lowest BCUT2D eigenvalue weighted by Gasteiger charge is -2.26. The molecule has 1 aliphatic carbocycles. The molecule has 0 bridgehead atoms. The van der Waals surface area contributed by atoms with Gasteiger partial charge in [-0.1, -0.05) is 12.8 Å². The van der Waals surface area contributed by atoms with Crippen LogP contribution < -0.4 is 5.32 Å². The first-order valence-electron chi connectivity index (χ1n) is 6.10. The first-order valence-corrected chi connectivity index (χ1v) is 7.43. The number of nitrogens with one attached hydrogen (secondary N) is 1. The molecule has 0 atom stereocenters. The second kappa shape index (κ2) is 6.02. The highest BCUT2D eigenvalue weighted by Crippen LogP contribution is 2.38. The molecule has 18 heavy (non-hydrogen) atoms. The predicted molar refractivity (Wildman–Crippen MR) is 75.9 cm³/mol. The van der Waals surface area contributed by atoms with Crippen molar-refractivity contribution in [1.82, 2.24) is 10.3 Å². The van der Waals surface area contributed by atoms with Gasteiger partial charge in [0.2, 0.25) is 0 Å². The van der Waals surface area contributed by atoms with Gasteiger partial charge in [0.15, 0.2) is 0 Å². The van der Waals surface area contributed by atoms with Crippen LogP contribution in [0.3, 0.4) is 0 Å². The first-order chi connectivity index (χ1) is 8.65. The van der Waals surface area contributed by atoms with Crippen LogP contribution >= 0.6 is 27.5 Å². The summed E-state index contributed by atoms with van der Waals surface area (Å²) in [7, 11) is 0. The molecular weight excluding hydrogens is 316 g/mol. The molecule has 0 saturated heterocycles. The topological polar surface area (TPSA) is 42.0 Å². The number of carbonyl (C=O) groups is 1. The van der Waals surface area contributed by atoms with E-state index in [1.54, 1.807) is 18.5 Å². The molecule has 1 aromatic heterocycles. The number of halogens is 2. The number of carbonyl (C=O) groups excluding carboxylic acids is 1. The molecule has 1 aromatic rings. The van der Waals surface area contributed by atoms with Crippen LogP contribution in [0, 0.1) is 5.41 Å². The number of hydrogen-bond acceptors (Lipinski definition) is 2. The molecule has 1 heterocycles. The molecule has 1 amide bonds. The number of aromatic nitrogens is 1. The SMILES string of the molecule is O=C(NCC1(CCl)CCCC1)c1cncc(Br)c1. The maximum absolute atomic E-state index is 12.0. The number of pyridine rings is 1. The van der Waals surface area contributed by atoms with Crippen LogP contribution in [0.4, 0.5) is 0 Å². The molecule has 0 aliphatic heterocycles. The van der Waals surface area contributed by atoms with Crippen LogP contribution in [-0.2, 0) is 0 Å². The molecule has 1 saturated carbocycles. The molecule has 2 rings (SSSR count). The van der Waals surface area contributed by atoms with E-state index in [0.29, 0.717) is 18.0 Å². The van der Waals surface area contributed by atoms with Crippen LogP contribution in [0.2, 0.25) is 0 Å². The van der Waals surface area contributed by atoms with Gasteiger partial charge in [-0.2, -0.15) is 0 Å². The summed E-state index contributed by atoms with van der Waals surface area (Å²) in [5, 5.41) is 2.98. The van der Waals surface area contributed by atoms with Gasteiger partial charge in [-0.15, -0.1) is 11.6 Å². The van der Waals surface area contributed by atoms with Crippen LogP contribution in [-0.4, -0.2) is 23.3 Å². The lowest BCUT2D eigenvalue weighted by atomic mass is 9.88. The minimum absolute atomic E-state index is 0.0832. The Balaban J connectivity index is 1.96. The lowest BCUT2D eigenvalue weighted by molar-refractivity contribution is 0.0934. The molecule has 1 aliphatic rings. The minimum Gasteiger partial charge on any atom is -0.351 e. The van der Waals surface area contributed by atoms with E-state index in [-0.39, 0.29) is 11.3 Å². The Morgan fingerprint density at radius 2 is 2.17 bits per heavy atom. The van der Waals surface area contributed by atoms with Crippen molar-refractivity contribution in [3.63, 3.8) is 0 Å². The van der Waals surface area contributed by atoms with Crippen molar-refractivity contribution in [3.05, 3.63) is 28.5 Å². The Labute approximate surface area is 120 Å². The van der Waals surface area contributed by atoms with E-state index in [2.05, 4.69) is 26.2 Å². The molecule has 0 radical (unpaired) electrons. The Kier molecular flexibility index (Phi) is 4.62. The van der Waals surface area contributed by atoms with Crippen molar-refractivity contribution in [1.29, 1.82) is 0 Å². The van der Waals surface area contributed by atoms with Crippen molar-refractivity contribution >= 4 is 33.4 Å². The maximum atomic E-state index is 12.0. The quantitative estimate of drug-likeness (QED) is 0.860. The summed E-state index contributed by atoms with van der Waals surface area (Å²) in [6.45, 7) is 0.655. The zero-order valence-corrected chi connectivity index (χ0v) is 12.4. The van der Waals surface area contributed by atoms with Crippen LogP contribution in [0.25, 0.3) is 0 Å². The standard InChI is InChI=1S/C13H16BrClN2O/c14-11-5-10(6-16-7-11)12(18)17-9-13(8-15)3-1-2-4-13/h5-7H,1-4,8-9H2,(H,17,18). The molecule has 1 fully saturated rings. The summed E-state index contributed by atoms with van der Waals surface area (Å²) in [5.74, 6) is 0.532. The molecular formula is C13H16BrClN2O. The fourth-order valence-electron chi connectivity index (χ4n) is 2.39. The van der Waals surface area contributed by atoms with E-state index in [4.69, 9.17) is 11.6 Å². The highest BCUT2D eigenvalue weighted by molar-refractivity contribution is 9.10. The minimum atomic E-state index is -0.0832. The zero-order chi connectivity index (χ0) is 13.0. The van der Waals surface area contributed by atoms with E-state index in [1.807, 2.05) is 0 Å². The summed E-state index contributed by atoms with van der Waals surface area (Å²) >= 11 is 9.36. The van der Waals surface area contributed by atoms with E-state index in [1.165, 1.54) is 12.8 Å². The average Bonchev–Trinajstić information content (AvgIpc) is 2.85. The van der Waals surface area contributed by atoms with Gasteiger partial charge >= 0.3 is 0 Å². The molecule has 0 unspecified atom stereocenters. The predicted octanol–water partition coefficient (Wildman–Crippen LogP) is 3.37. The third kappa shape index (κ3) is 3.23. The maximum Gasteiger partial charge on any atom is 0.252 e. The van der Waals surface area contributed by atoms with Gasteiger partial charge in [-0.25, -0.2) is 0 Å². The summed E-state index contributed by atoms with van der Waals surface area (Å²) in [6, 6.07) is 1.77. The van der Waals surface area contributed by atoms with E-state index in [0.717, 1.165) is 17.3 Å². The van der Waals surface area contributed by atoms with E-state index >= 15 is 0 Å². The average molecular weight is 332 g/mol. The van der Waals surface area contributed by atoms with E-state index < -0.39 is 0 Å². The fourth-order valence-corrected chi connectivity index (χ4v) is 3.12. The normalized spacial score (nSPS) is 17.7. The van der Waals surface area contributed by atoms with Gasteiger partial charge in [-0.05, 0) is 34.8 Å². The number of rotatable bonds is 4. The summed E-state index contributed by atoms with van der Waals surface area (Å²) in [4.78, 5) is 16.0. The van der Waals surface area contributed by atoms with Gasteiger partial charge < -0.3 is 5.32 Å². The highest BCUT2D eigenvalue weighted by Gasteiger charge is 2.33. The van der Waals surface area contributed by atoms with Gasteiger partial charge in [0, 0.05) is 34.7 Å². The van der Waals surface area contributed by atoms with Gasteiger partial charge in [-0.3, -0.25) is 9.78 Å². The number of amides is 1. The zero-order valence-electron chi connectivity index (χ0n) is 10.1. The number of nitrogens with zero attached hydrogens (tertiary/aromatic N) is 1. The van der Waals surface area contributed by atoms with Crippen molar-refractivity contribution in [2.45, 2.75) is 25.7 Å². The summed E-state index contributed by atoms with van der Waals surface area (Å²) in [5.41, 5.74) is 0.670. The number of hydrogen-bond donors (Lipinski definition) is 1. The summed E-state index contributed by atoms with van der Waals surface area (Å²) in [6.07, 6.45) is 7.86. The molecule has 3 nitrogen and oxygen atoms in total. The second-order valence-corrected chi connectivity index (χ2v) is 6.10. The van der Waals surface area contributed by atoms with Crippen molar-refractivity contribution < 1.29 is 4.79 Å². The van der Waals surface area contributed by atoms with E-state index in [9.17, 15) is 4.79 Å². The Morgan fingerprint density at radius 3 is 2.78 bits per heavy atom. The Hall–Kier alpha value is -0.610. The van der Waals surface area contributed by atoms with Crippen LogP contribution in [0.1, 0.15) is 36.0 Å². The first kappa shape index (κ1) is 13.8. The van der Waals surface area contributed by atoms with Gasteiger partial charge in [0.25, 0.3) is 5.91 Å². The third-order valence-corrected chi connectivity index (χ3v) is 4.54. The van der Waals surface area contributed by atoms with Crippen molar-refractivity contribution in [2.75, 3.05) is 12.4 Å². The smallest absolute Gasteiger partial charge is 0.252 e. The molecule has 0 aromatic carbocycles. The van der Waals surface area contributed by atoms with Gasteiger partial charge in [0.05, 0.1) is 5.56 Å². The molecule has 98 valence electrons. The summed E-state index contributed by atoms with van der Waals surface area (Å²) < 4.78 is 0.808. The monoisotopic (exact) mass is 330 g/mol. The highest BCUT2D eigenvalue weighted by atomic mass is 79.9. The lowest BCUT2D eigenvalue weighted by Crippen LogP contribution is -2.37. The second-order valence-electron chi connectivity index (χ2n) is 4.92. The van der Waals surface area contributed by atoms with Crippen LogP contribution in [0.5, 0.6) is 0 Å². The van der Waals surface area contributed by atoms with Crippen LogP contribution in [0.15, 0.2) is 22.9 Å². The van der Waals surface area contributed by atoms with Crippen molar-refractivity contribution in [3.8, 4) is 0 Å². The Bertz CT molecular complexity index is 433. The molecule has 1 N–H and O–H groups in total. The van der Waals surface area contributed by atoms with Crippen molar-refractivity contribution in [2.24, 2.45) is 5.41 Å². The molecule has 0 spiro atoms. The fraction of sp³-hybridized carbons (Fsp3) is 0.538. The number of alkyl halides is 1. The third-order valence-electron chi connectivity index (χ3n) is 3.54. The van der Waals surface area contributed by atoms with Gasteiger partial charge in [0.1, 0.15) is 0 Å².